The van der Waals surface area contributed by atoms with Gasteiger partial charge in [-0.05, 0) is 120 Å². The molecule has 2 aliphatic carbocycles. The van der Waals surface area contributed by atoms with Crippen molar-refractivity contribution in [3.05, 3.63) is 360 Å². The Balaban J connectivity index is 0.753. The van der Waals surface area contributed by atoms with E-state index in [2.05, 4.69) is 309 Å². The maximum Gasteiger partial charge on any atom is 0.160 e. The second-order valence-electron chi connectivity index (χ2n) is 25.0. The van der Waals surface area contributed by atoms with Crippen LogP contribution >= 0.6 is 0 Å². The van der Waals surface area contributed by atoms with Gasteiger partial charge < -0.3 is 9.47 Å². The van der Waals surface area contributed by atoms with E-state index in [-0.39, 0.29) is 0 Å². The molecule has 0 amide bonds. The van der Waals surface area contributed by atoms with Crippen molar-refractivity contribution >= 4 is 32.6 Å². The highest BCUT2D eigenvalue weighted by molar-refractivity contribution is 6.04. The minimum atomic E-state index is -0.702. The highest BCUT2D eigenvalue weighted by Crippen LogP contribution is 2.64. The quantitative estimate of drug-likeness (QED) is 0.165. The Morgan fingerprint density at radius 2 is 0.606 bits per heavy atom. The normalized spacial score (nSPS) is 13.7. The third-order valence-corrected chi connectivity index (χ3v) is 20.3. The van der Waals surface area contributed by atoms with Gasteiger partial charge in [0.2, 0.25) is 0 Å². The first kappa shape index (κ1) is 52.4. The van der Waals surface area contributed by atoms with Crippen molar-refractivity contribution in [3.8, 4) is 113 Å². The molecule has 6 nitrogen and oxygen atoms in total. The van der Waals surface area contributed by atoms with Crippen molar-refractivity contribution in [3.63, 3.8) is 0 Å². The maximum atomic E-state index is 7.41. The number of nitrogens with zero attached hydrogens (tertiary/aromatic N) is 4. The van der Waals surface area contributed by atoms with Crippen LogP contribution in [0.2, 0.25) is 0 Å². The molecule has 0 fully saturated rings. The van der Waals surface area contributed by atoms with Crippen molar-refractivity contribution in [2.45, 2.75) is 10.8 Å². The predicted molar refractivity (Wildman–Crippen MR) is 378 cm³/mol. The molecule has 6 heteroatoms. The molecule has 0 radical (unpaired) electrons. The topological polar surface area (TPSA) is 70.0 Å². The zero-order valence-electron chi connectivity index (χ0n) is 50.6. The lowest BCUT2D eigenvalue weighted by Crippen LogP contribution is -2.32. The highest BCUT2D eigenvalue weighted by Gasteiger charge is 2.53. The summed E-state index contributed by atoms with van der Waals surface area (Å²) in [5.74, 6) is 4.35. The molecule has 436 valence electrons. The molecule has 0 atom stereocenters. The minimum Gasteiger partial charge on any atom is -0.457 e. The molecule has 94 heavy (non-hydrogen) atoms. The Labute approximate surface area is 542 Å². The number of aromatic nitrogens is 4. The summed E-state index contributed by atoms with van der Waals surface area (Å²) in [4.78, 5) is 21.8. The van der Waals surface area contributed by atoms with Gasteiger partial charge in [0.1, 0.15) is 23.0 Å². The van der Waals surface area contributed by atoms with Crippen molar-refractivity contribution in [1.82, 2.24) is 19.9 Å². The summed E-state index contributed by atoms with van der Waals surface area (Å²) >= 11 is 0. The third kappa shape index (κ3) is 7.47. The fraction of sp³-hybridized carbons (Fsp3) is 0.0227. The van der Waals surface area contributed by atoms with Gasteiger partial charge in [0.25, 0.3) is 0 Å². The van der Waals surface area contributed by atoms with Crippen molar-refractivity contribution < 1.29 is 9.47 Å². The minimum absolute atomic E-state index is 0.595. The first-order valence-corrected chi connectivity index (χ1v) is 32.1. The van der Waals surface area contributed by atoms with Gasteiger partial charge in [-0.25, -0.2) is 19.9 Å². The van der Waals surface area contributed by atoms with Crippen molar-refractivity contribution in [2.24, 2.45) is 0 Å². The van der Waals surface area contributed by atoms with E-state index >= 15 is 0 Å². The lowest BCUT2D eigenvalue weighted by Gasteiger charge is -2.39. The number of benzene rings is 14. The van der Waals surface area contributed by atoms with Crippen LogP contribution < -0.4 is 9.47 Å². The van der Waals surface area contributed by atoms with Gasteiger partial charge in [-0.2, -0.15) is 0 Å². The zero-order valence-corrected chi connectivity index (χ0v) is 50.6. The molecule has 14 aromatic carbocycles. The number of hydrogen-bond acceptors (Lipinski definition) is 6. The predicted octanol–water partition coefficient (Wildman–Crippen LogP) is 21.7. The molecule has 0 saturated heterocycles. The Hall–Kier alpha value is -12.4. The van der Waals surface area contributed by atoms with Gasteiger partial charge in [-0.3, -0.25) is 0 Å². The number of fused-ring (bicyclic) bond motifs is 21. The largest absolute Gasteiger partial charge is 0.457 e. The molecule has 4 aliphatic rings. The number of rotatable bonds is 6. The number of hydrogen-bond donors (Lipinski definition) is 0. The van der Waals surface area contributed by atoms with Gasteiger partial charge in [0, 0.05) is 55.3 Å². The molecule has 2 aromatic heterocycles. The molecule has 4 heterocycles. The van der Waals surface area contributed by atoms with E-state index in [0.29, 0.717) is 11.6 Å². The molecule has 16 aromatic rings. The van der Waals surface area contributed by atoms with Gasteiger partial charge in [-0.1, -0.05) is 273 Å². The number of para-hydroxylation sites is 2. The van der Waals surface area contributed by atoms with E-state index in [9.17, 15) is 0 Å². The van der Waals surface area contributed by atoms with Crippen LogP contribution in [0.4, 0.5) is 0 Å². The molecular formula is C88H52N4O2. The van der Waals surface area contributed by atoms with E-state index < -0.39 is 10.8 Å². The van der Waals surface area contributed by atoms with Crippen LogP contribution in [0.3, 0.4) is 0 Å². The van der Waals surface area contributed by atoms with Crippen molar-refractivity contribution in [2.75, 3.05) is 0 Å². The second kappa shape index (κ2) is 20.1. The Morgan fingerprint density at radius 3 is 1.23 bits per heavy atom. The van der Waals surface area contributed by atoms with E-state index in [1.54, 1.807) is 0 Å². The summed E-state index contributed by atoms with van der Waals surface area (Å²) in [6, 6.07) is 113. The average molecular weight is 1200 g/mol. The van der Waals surface area contributed by atoms with Crippen LogP contribution in [0.25, 0.3) is 122 Å². The summed E-state index contributed by atoms with van der Waals surface area (Å²) < 4.78 is 14.4. The lowest BCUT2D eigenvalue weighted by molar-refractivity contribution is 0.436. The standard InChI is InChI=1S/C88H52N4O2/c1-2-19-53(20-3-1)54-37-39-56(40-38-54)83-68-45-41-57(49-78(68)90-86(91-83)60-44-47-75-81(51-60)93-79-36-17-15-34-73(79)87(75)69-30-11-6-24-62(69)63-25-7-12-31-70(63)87)58-42-46-74-80(50-58)94-82-52-59(43-48-76(82)88(74)71-32-13-8-26-64(71)65-27-9-14-33-72(65)88)85-89-77-35-16-10-28-67(77)84(92-85)66-29-18-22-55-21-4-5-23-61(55)66/h1-52H. The monoisotopic (exact) mass is 1200 g/mol. The van der Waals surface area contributed by atoms with Crippen molar-refractivity contribution in [1.29, 1.82) is 0 Å². The second-order valence-corrected chi connectivity index (χ2v) is 25.0. The SMILES string of the molecule is c1ccc(-c2ccc(-c3nc(-c4ccc5c(c4)Oc4ccccc4C54c5ccccc5-c5ccccc54)nc4cc(-c5ccc6c(c5)Oc5cc(-c7nc(-c8cccc9ccccc89)c8ccccc8n7)ccc5C65c6ccccc6-c6ccccc65)ccc34)cc2)cc1. The molecule has 0 unspecified atom stereocenters. The van der Waals surface area contributed by atoms with Gasteiger partial charge >= 0.3 is 0 Å². The zero-order chi connectivity index (χ0) is 61.6. The summed E-state index contributed by atoms with van der Waals surface area (Å²) in [6.07, 6.45) is 0. The Bertz CT molecular complexity index is 5800. The van der Waals surface area contributed by atoms with E-state index in [1.165, 1.54) is 44.5 Å². The van der Waals surface area contributed by atoms with Gasteiger partial charge in [0.15, 0.2) is 11.6 Å². The van der Waals surface area contributed by atoms with E-state index in [4.69, 9.17) is 29.4 Å². The molecule has 20 rings (SSSR count). The van der Waals surface area contributed by atoms with Gasteiger partial charge in [0.05, 0.1) is 33.3 Å². The lowest BCUT2D eigenvalue weighted by atomic mass is 9.66. The summed E-state index contributed by atoms with van der Waals surface area (Å²) in [7, 11) is 0. The first-order valence-electron chi connectivity index (χ1n) is 32.1. The summed E-state index contributed by atoms with van der Waals surface area (Å²) in [6.45, 7) is 0. The Kier molecular flexibility index (Phi) is 11.2. The van der Waals surface area contributed by atoms with Crippen LogP contribution in [0.5, 0.6) is 23.0 Å². The molecule has 2 spiro atoms. The first-order chi connectivity index (χ1) is 46.6. The molecule has 0 bridgehead atoms. The fourth-order valence-corrected chi connectivity index (χ4v) is 16.2. The van der Waals surface area contributed by atoms with E-state index in [0.717, 1.165) is 134 Å². The van der Waals surface area contributed by atoms with Gasteiger partial charge in [-0.15, -0.1) is 0 Å². The summed E-state index contributed by atoms with van der Waals surface area (Å²) in [5, 5.41) is 4.24. The molecule has 2 aliphatic heterocycles. The summed E-state index contributed by atoms with van der Waals surface area (Å²) in [5.41, 5.74) is 24.3. The maximum absolute atomic E-state index is 7.41. The fourth-order valence-electron chi connectivity index (χ4n) is 16.2. The highest BCUT2D eigenvalue weighted by atomic mass is 16.5. The van der Waals surface area contributed by atoms with E-state index in [1.807, 2.05) is 6.07 Å². The van der Waals surface area contributed by atoms with Crippen LogP contribution in [-0.2, 0) is 10.8 Å². The van der Waals surface area contributed by atoms with Crippen LogP contribution in [0, 0.1) is 0 Å². The average Bonchev–Trinajstić information content (AvgIpc) is 1.48. The van der Waals surface area contributed by atoms with Crippen LogP contribution in [0.15, 0.2) is 315 Å². The molecule has 0 saturated carbocycles. The van der Waals surface area contributed by atoms with Crippen LogP contribution in [0.1, 0.15) is 44.5 Å². The molecular weight excluding hydrogens is 1140 g/mol. The Morgan fingerprint density at radius 1 is 0.213 bits per heavy atom. The number of ether oxygens (including phenoxy) is 2. The third-order valence-electron chi connectivity index (χ3n) is 20.3. The molecule has 0 N–H and O–H groups in total. The smallest absolute Gasteiger partial charge is 0.160 e. The van der Waals surface area contributed by atoms with Crippen LogP contribution in [-0.4, -0.2) is 19.9 Å².